The molecule has 4 aliphatic heterocycles. The Morgan fingerprint density at radius 1 is 1.00 bits per heavy atom. The molecule has 4 atom stereocenters. The molecule has 0 aromatic carbocycles. The molecule has 0 spiro atoms. The minimum absolute atomic E-state index is 0.00978. The van der Waals surface area contributed by atoms with Crippen molar-refractivity contribution in [2.45, 2.75) is 31.8 Å². The number of pyridine rings is 2. The third kappa shape index (κ3) is 5.52. The van der Waals surface area contributed by atoms with Crippen molar-refractivity contribution < 1.29 is 24.1 Å². The van der Waals surface area contributed by atoms with Gasteiger partial charge < -0.3 is 29.1 Å². The summed E-state index contributed by atoms with van der Waals surface area (Å²) in [6.45, 7) is 6.57. The highest BCUT2D eigenvalue weighted by Crippen LogP contribution is 2.37. The van der Waals surface area contributed by atoms with Crippen LogP contribution >= 0.6 is 23.2 Å². The van der Waals surface area contributed by atoms with Crippen LogP contribution in [0.5, 0.6) is 0 Å². The zero-order valence-corrected chi connectivity index (χ0v) is 22.3. The number of carbonyl (C=O) groups excluding carboxylic acids is 1. The number of anilines is 2. The number of hydrogen-bond acceptors (Lipinski definition) is 9. The summed E-state index contributed by atoms with van der Waals surface area (Å²) in [5.74, 6) is -0.191. The van der Waals surface area contributed by atoms with Crippen molar-refractivity contribution in [1.29, 1.82) is 0 Å². The van der Waals surface area contributed by atoms with Crippen LogP contribution in [0.4, 0.5) is 11.4 Å². The van der Waals surface area contributed by atoms with E-state index in [0.717, 1.165) is 48.9 Å². The molecule has 6 heterocycles. The third-order valence-corrected chi connectivity index (χ3v) is 7.89. The molecule has 11 heteroatoms. The molecule has 2 aromatic heterocycles. The van der Waals surface area contributed by atoms with E-state index in [1.165, 1.54) is 0 Å². The molecule has 0 saturated carbocycles. The van der Waals surface area contributed by atoms with Crippen LogP contribution in [0.3, 0.4) is 0 Å². The van der Waals surface area contributed by atoms with Gasteiger partial charge in [0.05, 0.1) is 83.8 Å². The van der Waals surface area contributed by atoms with Gasteiger partial charge in [-0.15, -0.1) is 0 Å². The van der Waals surface area contributed by atoms with E-state index in [0.29, 0.717) is 42.9 Å². The molecule has 0 radical (unpaired) electrons. The molecule has 4 unspecified atom stereocenters. The highest BCUT2D eigenvalue weighted by atomic mass is 35.5. The monoisotopic (exact) mass is 550 g/mol. The van der Waals surface area contributed by atoms with E-state index in [2.05, 4.69) is 19.8 Å². The molecule has 37 heavy (non-hydrogen) atoms. The Bertz CT molecular complexity index is 1120. The number of nitrogens with zero attached hydrogens (tertiary/aromatic N) is 4. The second-order valence-corrected chi connectivity index (χ2v) is 10.5. The van der Waals surface area contributed by atoms with Crippen LogP contribution in [-0.2, 0) is 31.8 Å². The summed E-state index contributed by atoms with van der Waals surface area (Å²) in [6.07, 6.45) is 4.68. The molecule has 2 aromatic rings. The zero-order valence-electron chi connectivity index (χ0n) is 20.8. The number of hydrogen-bond donors (Lipinski definition) is 1. The maximum absolute atomic E-state index is 12.2. The molecule has 9 nitrogen and oxygen atoms in total. The quantitative estimate of drug-likeness (QED) is 0.578. The Balaban J connectivity index is 0.000000153. The summed E-state index contributed by atoms with van der Waals surface area (Å²) in [7, 11) is 0. The molecule has 4 aliphatic rings. The van der Waals surface area contributed by atoms with Crippen molar-refractivity contribution >= 4 is 40.5 Å². The van der Waals surface area contributed by atoms with E-state index in [1.807, 2.05) is 19.1 Å². The van der Waals surface area contributed by atoms with Gasteiger partial charge in [-0.25, -0.2) is 0 Å². The van der Waals surface area contributed by atoms with Crippen LogP contribution in [0.25, 0.3) is 0 Å². The van der Waals surface area contributed by atoms with Crippen LogP contribution in [-0.4, -0.2) is 85.9 Å². The van der Waals surface area contributed by atoms with E-state index >= 15 is 0 Å². The first-order valence-electron chi connectivity index (χ1n) is 12.7. The SMILES string of the molecule is CCOC(=O)C1Cc2ncc(Cl)cc2N2CCOCC12.OCC1Cc2ncc(Cl)cc2N2CCOCC12. The van der Waals surface area contributed by atoms with E-state index in [9.17, 15) is 9.90 Å². The Morgan fingerprint density at radius 2 is 1.57 bits per heavy atom. The lowest BCUT2D eigenvalue weighted by molar-refractivity contribution is -0.150. The van der Waals surface area contributed by atoms with Gasteiger partial charge >= 0.3 is 5.97 Å². The van der Waals surface area contributed by atoms with Gasteiger partial charge in [0.1, 0.15) is 0 Å². The lowest BCUT2D eigenvalue weighted by atomic mass is 9.87. The summed E-state index contributed by atoms with van der Waals surface area (Å²) in [5.41, 5.74) is 4.07. The van der Waals surface area contributed by atoms with Crippen molar-refractivity contribution in [3.8, 4) is 0 Å². The minimum atomic E-state index is -0.226. The second-order valence-electron chi connectivity index (χ2n) is 9.62. The van der Waals surface area contributed by atoms with Crippen LogP contribution < -0.4 is 9.80 Å². The van der Waals surface area contributed by atoms with Crippen molar-refractivity contribution in [1.82, 2.24) is 9.97 Å². The van der Waals surface area contributed by atoms with Crippen molar-refractivity contribution in [2.75, 3.05) is 62.5 Å². The number of carbonyl (C=O) groups is 1. The molecular weight excluding hydrogens is 519 g/mol. The molecule has 0 aliphatic carbocycles. The van der Waals surface area contributed by atoms with Gasteiger partial charge in [0.15, 0.2) is 0 Å². The van der Waals surface area contributed by atoms with Gasteiger partial charge in [-0.05, 0) is 25.5 Å². The van der Waals surface area contributed by atoms with Gasteiger partial charge in [0, 0.05) is 44.4 Å². The Labute approximate surface area is 226 Å². The predicted molar refractivity (Wildman–Crippen MR) is 141 cm³/mol. The lowest BCUT2D eigenvalue weighted by Gasteiger charge is -2.45. The fourth-order valence-corrected chi connectivity index (χ4v) is 6.00. The maximum Gasteiger partial charge on any atom is 0.311 e. The average molecular weight is 551 g/mol. The van der Waals surface area contributed by atoms with E-state index < -0.39 is 0 Å². The fraction of sp³-hybridized carbons (Fsp3) is 0.577. The molecule has 6 rings (SSSR count). The number of aliphatic hydroxyl groups excluding tert-OH is 1. The molecule has 2 saturated heterocycles. The highest BCUT2D eigenvalue weighted by molar-refractivity contribution is 6.31. The van der Waals surface area contributed by atoms with Crippen LogP contribution in [0, 0.1) is 11.8 Å². The van der Waals surface area contributed by atoms with E-state index in [-0.39, 0.29) is 36.5 Å². The predicted octanol–water partition coefficient (Wildman–Crippen LogP) is 2.78. The first-order valence-corrected chi connectivity index (χ1v) is 13.5. The zero-order chi connectivity index (χ0) is 25.9. The summed E-state index contributed by atoms with van der Waals surface area (Å²) in [6, 6.07) is 4.15. The molecular formula is C26H32Cl2N4O5. The van der Waals surface area contributed by atoms with Crippen LogP contribution in [0.2, 0.25) is 10.0 Å². The third-order valence-electron chi connectivity index (χ3n) is 7.48. The first kappa shape index (κ1) is 26.4. The number of rotatable bonds is 3. The number of morpholine rings is 2. The van der Waals surface area contributed by atoms with Gasteiger partial charge in [-0.1, -0.05) is 23.2 Å². The Kier molecular flexibility index (Phi) is 8.36. The fourth-order valence-electron chi connectivity index (χ4n) is 5.70. The molecule has 1 N–H and O–H groups in total. The standard InChI is InChI=1S/C14H17ClN2O3.C12H15ClN2O2/c1-2-20-14(18)10-6-11-12(5-9(15)7-16-11)17-3-4-19-8-13(10)17;13-9-4-11-10(14-5-9)3-8(6-16)12-7-17-2-1-15(11)12/h5,7,10,13H,2-4,6,8H2,1H3;4-5,8,12,16H,1-3,6-7H2. The highest BCUT2D eigenvalue weighted by Gasteiger charge is 2.42. The Morgan fingerprint density at radius 3 is 2.16 bits per heavy atom. The average Bonchev–Trinajstić information content (AvgIpc) is 2.93. The summed E-state index contributed by atoms with van der Waals surface area (Å²) in [5, 5.41) is 10.8. The summed E-state index contributed by atoms with van der Waals surface area (Å²) < 4.78 is 16.2. The minimum Gasteiger partial charge on any atom is -0.466 e. The number of ether oxygens (including phenoxy) is 3. The largest absolute Gasteiger partial charge is 0.466 e. The molecule has 2 fully saturated rings. The molecule has 200 valence electrons. The van der Waals surface area contributed by atoms with Gasteiger partial charge in [-0.2, -0.15) is 0 Å². The number of fused-ring (bicyclic) bond motifs is 6. The smallest absolute Gasteiger partial charge is 0.311 e. The topological polar surface area (TPSA) is 97.2 Å². The maximum atomic E-state index is 12.2. The number of aromatic nitrogens is 2. The van der Waals surface area contributed by atoms with Crippen molar-refractivity contribution in [3.63, 3.8) is 0 Å². The van der Waals surface area contributed by atoms with Crippen molar-refractivity contribution in [3.05, 3.63) is 46.0 Å². The Hall–Kier alpha value is -2.17. The van der Waals surface area contributed by atoms with E-state index in [1.54, 1.807) is 12.4 Å². The van der Waals surface area contributed by atoms with E-state index in [4.69, 9.17) is 37.4 Å². The number of halogens is 2. The summed E-state index contributed by atoms with van der Waals surface area (Å²) >= 11 is 12.1. The van der Waals surface area contributed by atoms with Gasteiger partial charge in [0.25, 0.3) is 0 Å². The van der Waals surface area contributed by atoms with Crippen LogP contribution in [0.1, 0.15) is 18.3 Å². The van der Waals surface area contributed by atoms with Gasteiger partial charge in [-0.3, -0.25) is 14.8 Å². The van der Waals surface area contributed by atoms with Gasteiger partial charge in [0.2, 0.25) is 0 Å². The number of esters is 1. The molecule has 0 amide bonds. The summed E-state index contributed by atoms with van der Waals surface area (Å²) in [4.78, 5) is 25.4. The second kappa shape index (κ2) is 11.7. The molecule has 0 bridgehead atoms. The first-order chi connectivity index (χ1) is 18.0. The lowest BCUT2D eigenvalue weighted by Crippen LogP contribution is -2.55. The number of aliphatic hydroxyl groups is 1. The normalized spacial score (nSPS) is 26.1. The van der Waals surface area contributed by atoms with Crippen LogP contribution in [0.15, 0.2) is 24.5 Å². The van der Waals surface area contributed by atoms with Crippen molar-refractivity contribution in [2.24, 2.45) is 11.8 Å².